The summed E-state index contributed by atoms with van der Waals surface area (Å²) in [5, 5.41) is 6.32. The van der Waals surface area contributed by atoms with E-state index in [1.807, 2.05) is 6.92 Å². The van der Waals surface area contributed by atoms with Crippen LogP contribution >= 0.6 is 0 Å². The molecule has 0 atom stereocenters. The Morgan fingerprint density at radius 1 is 1.53 bits per heavy atom. The van der Waals surface area contributed by atoms with Gasteiger partial charge in [-0.2, -0.15) is 5.10 Å². The summed E-state index contributed by atoms with van der Waals surface area (Å²) < 4.78 is 31.7. The van der Waals surface area contributed by atoms with Gasteiger partial charge in [0, 0.05) is 25.0 Å². The first-order chi connectivity index (χ1) is 8.12. The Balaban J connectivity index is 2.05. The molecule has 0 spiro atoms. The highest BCUT2D eigenvalue weighted by Crippen LogP contribution is 2.18. The van der Waals surface area contributed by atoms with Crippen LogP contribution in [0.1, 0.15) is 25.5 Å². The third kappa shape index (κ3) is 2.98. The largest absolute Gasteiger partial charge is 0.381 e. The molecule has 96 valence electrons. The fraction of sp³-hybridized carbons (Fsp3) is 0.700. The second-order valence-corrected chi connectivity index (χ2v) is 6.05. The quantitative estimate of drug-likeness (QED) is 0.841. The summed E-state index contributed by atoms with van der Waals surface area (Å²) in [5.74, 6) is 0.369. The zero-order chi connectivity index (χ0) is 12.3. The highest BCUT2D eigenvalue weighted by atomic mass is 32.2. The minimum atomic E-state index is -3.34. The molecule has 2 rings (SSSR count). The third-order valence-corrected chi connectivity index (χ3v) is 4.71. The van der Waals surface area contributed by atoms with Crippen molar-refractivity contribution in [2.24, 2.45) is 0 Å². The maximum absolute atomic E-state index is 12.0. The zero-order valence-corrected chi connectivity index (χ0v) is 10.6. The van der Waals surface area contributed by atoms with Gasteiger partial charge in [-0.15, -0.1) is 0 Å². The van der Waals surface area contributed by atoms with E-state index in [-0.39, 0.29) is 5.25 Å². The van der Waals surface area contributed by atoms with E-state index in [4.69, 9.17) is 4.74 Å². The third-order valence-electron chi connectivity index (χ3n) is 2.87. The smallest absolute Gasteiger partial charge is 0.236 e. The summed E-state index contributed by atoms with van der Waals surface area (Å²) in [6.07, 6.45) is 1.88. The highest BCUT2D eigenvalue weighted by Gasteiger charge is 2.28. The molecule has 0 aromatic carbocycles. The molecule has 6 nitrogen and oxygen atoms in total. The standard InChI is InChI=1S/C10H17N3O3S/c1-2-8-7-10(12-11-8)13-17(14,15)9-3-5-16-6-4-9/h7,9H,2-6H2,1H3,(H2,11,12,13). The van der Waals surface area contributed by atoms with E-state index in [0.29, 0.717) is 31.9 Å². The normalized spacial score (nSPS) is 18.2. The van der Waals surface area contributed by atoms with Gasteiger partial charge in [0.1, 0.15) is 0 Å². The molecule has 7 heteroatoms. The number of aryl methyl sites for hydroxylation is 1. The first-order valence-corrected chi connectivity index (χ1v) is 7.30. The predicted molar refractivity (Wildman–Crippen MR) is 64.3 cm³/mol. The Labute approximate surface area is 101 Å². The summed E-state index contributed by atoms with van der Waals surface area (Å²) in [6, 6.07) is 1.72. The molecule has 1 aromatic heterocycles. The molecule has 1 saturated heterocycles. The first-order valence-electron chi connectivity index (χ1n) is 5.75. The molecule has 2 N–H and O–H groups in total. The van der Waals surface area contributed by atoms with Crippen molar-refractivity contribution in [2.45, 2.75) is 31.4 Å². The highest BCUT2D eigenvalue weighted by molar-refractivity contribution is 7.93. The second-order valence-electron chi connectivity index (χ2n) is 4.09. The van der Waals surface area contributed by atoms with Crippen LogP contribution in [0.2, 0.25) is 0 Å². The minimum absolute atomic E-state index is 0.369. The van der Waals surface area contributed by atoms with Gasteiger partial charge in [-0.3, -0.25) is 9.82 Å². The molecule has 1 fully saturated rings. The Bertz CT molecular complexity index is 463. The van der Waals surface area contributed by atoms with Crippen molar-refractivity contribution in [3.05, 3.63) is 11.8 Å². The van der Waals surface area contributed by atoms with Crippen molar-refractivity contribution in [3.63, 3.8) is 0 Å². The van der Waals surface area contributed by atoms with E-state index >= 15 is 0 Å². The number of sulfonamides is 1. The van der Waals surface area contributed by atoms with Crippen LogP contribution < -0.4 is 4.72 Å². The van der Waals surface area contributed by atoms with Gasteiger partial charge in [0.2, 0.25) is 10.0 Å². The van der Waals surface area contributed by atoms with Crippen LogP contribution in [0, 0.1) is 0 Å². The number of aromatic nitrogens is 2. The predicted octanol–water partition coefficient (Wildman–Crippen LogP) is 0.893. The van der Waals surface area contributed by atoms with Crippen molar-refractivity contribution >= 4 is 15.8 Å². The maximum atomic E-state index is 12.0. The van der Waals surface area contributed by atoms with E-state index < -0.39 is 10.0 Å². The number of ether oxygens (including phenoxy) is 1. The molecule has 0 bridgehead atoms. The SMILES string of the molecule is CCc1cc(NS(=O)(=O)C2CCOCC2)n[nH]1. The average molecular weight is 259 g/mol. The van der Waals surface area contributed by atoms with Crippen molar-refractivity contribution in [1.82, 2.24) is 10.2 Å². The number of anilines is 1. The lowest BCUT2D eigenvalue weighted by Gasteiger charge is -2.21. The van der Waals surface area contributed by atoms with Gasteiger partial charge in [-0.25, -0.2) is 8.42 Å². The fourth-order valence-corrected chi connectivity index (χ4v) is 3.19. The maximum Gasteiger partial charge on any atom is 0.236 e. The van der Waals surface area contributed by atoms with Crippen molar-refractivity contribution in [1.29, 1.82) is 0 Å². The second kappa shape index (κ2) is 5.05. The number of nitrogens with zero attached hydrogens (tertiary/aromatic N) is 1. The number of nitrogens with one attached hydrogen (secondary N) is 2. The minimum Gasteiger partial charge on any atom is -0.381 e. The first kappa shape index (κ1) is 12.4. The Morgan fingerprint density at radius 2 is 2.24 bits per heavy atom. The summed E-state index contributed by atoms with van der Waals surface area (Å²) >= 11 is 0. The number of hydrogen-bond donors (Lipinski definition) is 2. The monoisotopic (exact) mass is 259 g/mol. The lowest BCUT2D eigenvalue weighted by Crippen LogP contribution is -2.33. The van der Waals surface area contributed by atoms with Gasteiger partial charge in [0.05, 0.1) is 5.25 Å². The van der Waals surface area contributed by atoms with Crippen LogP contribution in [0.3, 0.4) is 0 Å². The molecule has 1 aromatic rings. The van der Waals surface area contributed by atoms with E-state index in [0.717, 1.165) is 12.1 Å². The van der Waals surface area contributed by atoms with E-state index in [2.05, 4.69) is 14.9 Å². The van der Waals surface area contributed by atoms with Gasteiger partial charge in [-0.05, 0) is 19.3 Å². The van der Waals surface area contributed by atoms with Crippen LogP contribution in [-0.2, 0) is 21.2 Å². The van der Waals surface area contributed by atoms with Crippen LogP contribution in [0.15, 0.2) is 6.07 Å². The molecule has 1 aliphatic heterocycles. The number of rotatable bonds is 4. The molecule has 0 saturated carbocycles. The van der Waals surface area contributed by atoms with E-state index in [1.54, 1.807) is 6.07 Å². The molecule has 0 aliphatic carbocycles. The average Bonchev–Trinajstić information content (AvgIpc) is 2.77. The van der Waals surface area contributed by atoms with Crippen molar-refractivity contribution in [3.8, 4) is 0 Å². The number of H-pyrrole nitrogens is 1. The summed E-state index contributed by atoms with van der Waals surface area (Å²) in [7, 11) is -3.34. The molecule has 0 amide bonds. The number of hydrogen-bond acceptors (Lipinski definition) is 4. The Kier molecular flexibility index (Phi) is 3.68. The van der Waals surface area contributed by atoms with Gasteiger partial charge in [0.25, 0.3) is 0 Å². The Morgan fingerprint density at radius 3 is 2.82 bits per heavy atom. The van der Waals surface area contributed by atoms with Crippen LogP contribution in [0.4, 0.5) is 5.82 Å². The van der Waals surface area contributed by atoms with Gasteiger partial charge < -0.3 is 4.74 Å². The van der Waals surface area contributed by atoms with Crippen LogP contribution in [0.5, 0.6) is 0 Å². The molecular formula is C10H17N3O3S. The molecule has 17 heavy (non-hydrogen) atoms. The molecule has 0 unspecified atom stereocenters. The van der Waals surface area contributed by atoms with E-state index in [1.165, 1.54) is 0 Å². The van der Waals surface area contributed by atoms with Gasteiger partial charge in [0.15, 0.2) is 5.82 Å². The lowest BCUT2D eigenvalue weighted by molar-refractivity contribution is 0.0984. The van der Waals surface area contributed by atoms with Crippen LogP contribution in [0.25, 0.3) is 0 Å². The fourth-order valence-electron chi connectivity index (χ4n) is 1.81. The molecule has 0 radical (unpaired) electrons. The number of aromatic amines is 1. The summed E-state index contributed by atoms with van der Waals surface area (Å²) in [5.41, 5.74) is 0.912. The molecule has 2 heterocycles. The molecular weight excluding hydrogens is 242 g/mol. The van der Waals surface area contributed by atoms with Gasteiger partial charge in [-0.1, -0.05) is 6.92 Å². The molecule has 1 aliphatic rings. The van der Waals surface area contributed by atoms with Crippen molar-refractivity contribution in [2.75, 3.05) is 17.9 Å². The lowest BCUT2D eigenvalue weighted by atomic mass is 10.2. The summed E-state index contributed by atoms with van der Waals surface area (Å²) in [4.78, 5) is 0. The van der Waals surface area contributed by atoms with E-state index in [9.17, 15) is 8.42 Å². The van der Waals surface area contributed by atoms with Crippen LogP contribution in [-0.4, -0.2) is 37.1 Å². The summed E-state index contributed by atoms with van der Waals surface area (Å²) in [6.45, 7) is 2.99. The zero-order valence-electron chi connectivity index (χ0n) is 9.77. The van der Waals surface area contributed by atoms with Gasteiger partial charge >= 0.3 is 0 Å². The van der Waals surface area contributed by atoms with Crippen molar-refractivity contribution < 1.29 is 13.2 Å². The topological polar surface area (TPSA) is 84.1 Å². The Hall–Kier alpha value is -1.08.